The van der Waals surface area contributed by atoms with Gasteiger partial charge in [-0.25, -0.2) is 0 Å². The molecule has 1 saturated heterocycles. The van der Waals surface area contributed by atoms with Crippen molar-refractivity contribution in [2.45, 2.75) is 25.0 Å². The van der Waals surface area contributed by atoms with Crippen LogP contribution in [0.5, 0.6) is 5.75 Å². The number of carbonyl (C=O) groups excluding carboxylic acids is 1. The highest BCUT2D eigenvalue weighted by Crippen LogP contribution is 2.25. The Morgan fingerprint density at radius 3 is 2.88 bits per heavy atom. The Bertz CT molecular complexity index is 704. The number of fused-ring (bicyclic) bond motifs is 1. The number of hydrogen-bond acceptors (Lipinski definition) is 4. The van der Waals surface area contributed by atoms with Crippen molar-refractivity contribution in [3.8, 4) is 5.75 Å². The predicted octanol–water partition coefficient (Wildman–Crippen LogP) is 1.76. The van der Waals surface area contributed by atoms with Crippen molar-refractivity contribution in [1.82, 2.24) is 10.2 Å². The molecule has 5 nitrogen and oxygen atoms in total. The standard InChI is InChI=1S/C19H25N3O2/c1-22-13-17(12-18(22)19(23)21-10-4-9-20)24-16-8-7-14-5-2-3-6-15(14)11-16/h2-3,5-8,11,17-18H,4,9-10,12-13,20H2,1H3,(H,21,23)/t17-,18-/m0/s1. The van der Waals surface area contributed by atoms with Crippen LogP contribution in [0.4, 0.5) is 0 Å². The average Bonchev–Trinajstić information content (AvgIpc) is 2.95. The molecule has 3 N–H and O–H groups in total. The van der Waals surface area contributed by atoms with Gasteiger partial charge in [-0.15, -0.1) is 0 Å². The minimum absolute atomic E-state index is 0.0291. The molecule has 128 valence electrons. The molecule has 0 radical (unpaired) electrons. The van der Waals surface area contributed by atoms with Crippen LogP contribution in [-0.4, -0.2) is 49.6 Å². The number of nitrogens with two attached hydrogens (primary N) is 1. The summed E-state index contributed by atoms with van der Waals surface area (Å²) < 4.78 is 6.12. The van der Waals surface area contributed by atoms with E-state index in [9.17, 15) is 4.79 Å². The normalized spacial score (nSPS) is 21.1. The highest BCUT2D eigenvalue weighted by molar-refractivity contribution is 5.84. The van der Waals surface area contributed by atoms with E-state index in [1.807, 2.05) is 25.2 Å². The summed E-state index contributed by atoms with van der Waals surface area (Å²) in [6, 6.07) is 14.2. The summed E-state index contributed by atoms with van der Waals surface area (Å²) in [5.41, 5.74) is 5.46. The van der Waals surface area contributed by atoms with Crippen LogP contribution in [0.25, 0.3) is 10.8 Å². The van der Waals surface area contributed by atoms with Gasteiger partial charge in [0, 0.05) is 19.5 Å². The first-order chi connectivity index (χ1) is 11.7. The van der Waals surface area contributed by atoms with Crippen molar-refractivity contribution in [3.63, 3.8) is 0 Å². The molecule has 1 aliphatic rings. The Kier molecular flexibility index (Phi) is 5.33. The lowest BCUT2D eigenvalue weighted by molar-refractivity contribution is -0.125. The number of likely N-dealkylation sites (N-methyl/N-ethyl adjacent to an activating group) is 1. The number of nitrogens with one attached hydrogen (secondary N) is 1. The molecule has 0 bridgehead atoms. The molecular formula is C19H25N3O2. The van der Waals surface area contributed by atoms with Crippen molar-refractivity contribution in [2.75, 3.05) is 26.7 Å². The zero-order chi connectivity index (χ0) is 16.9. The van der Waals surface area contributed by atoms with E-state index in [0.29, 0.717) is 19.5 Å². The Hall–Kier alpha value is -2.11. The number of amides is 1. The Labute approximate surface area is 142 Å². The van der Waals surface area contributed by atoms with Gasteiger partial charge >= 0.3 is 0 Å². The van der Waals surface area contributed by atoms with Gasteiger partial charge < -0.3 is 15.8 Å². The van der Waals surface area contributed by atoms with E-state index < -0.39 is 0 Å². The molecule has 1 heterocycles. The van der Waals surface area contributed by atoms with Crippen LogP contribution < -0.4 is 15.8 Å². The molecule has 2 atom stereocenters. The van der Waals surface area contributed by atoms with E-state index in [4.69, 9.17) is 10.5 Å². The lowest BCUT2D eigenvalue weighted by Crippen LogP contribution is -2.41. The van der Waals surface area contributed by atoms with E-state index >= 15 is 0 Å². The Balaban J connectivity index is 1.60. The third kappa shape index (κ3) is 3.86. The molecular weight excluding hydrogens is 302 g/mol. The zero-order valence-corrected chi connectivity index (χ0v) is 14.1. The molecule has 0 saturated carbocycles. The lowest BCUT2D eigenvalue weighted by atomic mass is 10.1. The number of rotatable bonds is 6. The third-order valence-electron chi connectivity index (χ3n) is 4.52. The summed E-state index contributed by atoms with van der Waals surface area (Å²) >= 11 is 0. The van der Waals surface area contributed by atoms with Crippen molar-refractivity contribution < 1.29 is 9.53 Å². The molecule has 1 aliphatic heterocycles. The van der Waals surface area contributed by atoms with Gasteiger partial charge in [-0.05, 0) is 42.9 Å². The van der Waals surface area contributed by atoms with Gasteiger partial charge in [-0.3, -0.25) is 9.69 Å². The summed E-state index contributed by atoms with van der Waals surface area (Å²) in [6.45, 7) is 1.98. The van der Waals surface area contributed by atoms with Crippen LogP contribution in [0.3, 0.4) is 0 Å². The monoisotopic (exact) mass is 327 g/mol. The molecule has 3 rings (SSSR count). The van der Waals surface area contributed by atoms with Crippen LogP contribution in [0.1, 0.15) is 12.8 Å². The maximum Gasteiger partial charge on any atom is 0.237 e. The minimum atomic E-state index is -0.131. The van der Waals surface area contributed by atoms with E-state index in [1.165, 1.54) is 5.39 Å². The SMILES string of the molecule is CN1C[C@@H](Oc2ccc3ccccc3c2)C[C@H]1C(=O)NCCCN. The number of carbonyl (C=O) groups is 1. The molecule has 2 aromatic carbocycles. The van der Waals surface area contributed by atoms with Gasteiger partial charge in [-0.1, -0.05) is 30.3 Å². The first-order valence-electron chi connectivity index (χ1n) is 8.51. The number of hydrogen-bond donors (Lipinski definition) is 2. The van der Waals surface area contributed by atoms with Gasteiger partial charge in [0.25, 0.3) is 0 Å². The number of ether oxygens (including phenoxy) is 1. The fourth-order valence-corrected chi connectivity index (χ4v) is 3.21. The largest absolute Gasteiger partial charge is 0.489 e. The fourth-order valence-electron chi connectivity index (χ4n) is 3.21. The number of likely N-dealkylation sites (tertiary alicyclic amines) is 1. The van der Waals surface area contributed by atoms with Crippen LogP contribution in [0.15, 0.2) is 42.5 Å². The molecule has 0 spiro atoms. The topological polar surface area (TPSA) is 67.6 Å². The lowest BCUT2D eigenvalue weighted by Gasteiger charge is -2.17. The summed E-state index contributed by atoms with van der Waals surface area (Å²) in [7, 11) is 1.97. The van der Waals surface area contributed by atoms with Crippen LogP contribution in [-0.2, 0) is 4.79 Å². The third-order valence-corrected chi connectivity index (χ3v) is 4.52. The molecule has 2 aromatic rings. The van der Waals surface area contributed by atoms with Crippen molar-refractivity contribution in [2.24, 2.45) is 5.73 Å². The minimum Gasteiger partial charge on any atom is -0.489 e. The zero-order valence-electron chi connectivity index (χ0n) is 14.1. The van der Waals surface area contributed by atoms with Crippen LogP contribution in [0, 0.1) is 0 Å². The van der Waals surface area contributed by atoms with Crippen LogP contribution in [0.2, 0.25) is 0 Å². The highest BCUT2D eigenvalue weighted by atomic mass is 16.5. The van der Waals surface area contributed by atoms with Gasteiger partial charge in [-0.2, -0.15) is 0 Å². The maximum atomic E-state index is 12.3. The molecule has 5 heteroatoms. The second-order valence-electron chi connectivity index (χ2n) is 6.37. The van der Waals surface area contributed by atoms with Crippen molar-refractivity contribution in [1.29, 1.82) is 0 Å². The number of nitrogens with zero attached hydrogens (tertiary/aromatic N) is 1. The number of benzene rings is 2. The molecule has 1 amide bonds. The average molecular weight is 327 g/mol. The van der Waals surface area contributed by atoms with Crippen molar-refractivity contribution in [3.05, 3.63) is 42.5 Å². The van der Waals surface area contributed by atoms with Gasteiger partial charge in [0.05, 0.1) is 6.04 Å². The first-order valence-corrected chi connectivity index (χ1v) is 8.51. The predicted molar refractivity (Wildman–Crippen MR) is 96.1 cm³/mol. The summed E-state index contributed by atoms with van der Waals surface area (Å²) in [6.07, 6.45) is 1.54. The smallest absolute Gasteiger partial charge is 0.237 e. The molecule has 0 aliphatic carbocycles. The second kappa shape index (κ2) is 7.64. The van der Waals surface area contributed by atoms with Gasteiger partial charge in [0.2, 0.25) is 5.91 Å². The highest BCUT2D eigenvalue weighted by Gasteiger charge is 2.35. The van der Waals surface area contributed by atoms with E-state index in [1.54, 1.807) is 0 Å². The molecule has 0 unspecified atom stereocenters. The van der Waals surface area contributed by atoms with Gasteiger partial charge in [0.15, 0.2) is 0 Å². The van der Waals surface area contributed by atoms with Crippen molar-refractivity contribution >= 4 is 16.7 Å². The Morgan fingerprint density at radius 2 is 2.08 bits per heavy atom. The van der Waals surface area contributed by atoms with E-state index in [2.05, 4.69) is 34.5 Å². The van der Waals surface area contributed by atoms with Crippen LogP contribution >= 0.6 is 0 Å². The molecule has 24 heavy (non-hydrogen) atoms. The fraction of sp³-hybridized carbons (Fsp3) is 0.421. The van der Waals surface area contributed by atoms with E-state index in [0.717, 1.165) is 24.1 Å². The summed E-state index contributed by atoms with van der Waals surface area (Å²) in [5.74, 6) is 0.923. The molecule has 0 aromatic heterocycles. The van der Waals surface area contributed by atoms with E-state index in [-0.39, 0.29) is 18.1 Å². The second-order valence-corrected chi connectivity index (χ2v) is 6.37. The first kappa shape index (κ1) is 16.7. The molecule has 1 fully saturated rings. The van der Waals surface area contributed by atoms with Gasteiger partial charge in [0.1, 0.15) is 11.9 Å². The summed E-state index contributed by atoms with van der Waals surface area (Å²) in [5, 5.41) is 5.31. The maximum absolute atomic E-state index is 12.3. The summed E-state index contributed by atoms with van der Waals surface area (Å²) in [4.78, 5) is 14.3. The quantitative estimate of drug-likeness (QED) is 0.793. The Morgan fingerprint density at radius 1 is 1.29 bits per heavy atom.